The van der Waals surface area contributed by atoms with Crippen LogP contribution in [0.2, 0.25) is 0 Å². The predicted octanol–water partition coefficient (Wildman–Crippen LogP) is 3.08. The van der Waals surface area contributed by atoms with Crippen LogP contribution in [0.5, 0.6) is 0 Å². The standard InChI is InChI=1S/C26H25FN4O2/c27-22-11-7-20(8-12-22)18-31-24-4-2-1-3-23(24)30(26(31)33)17-19-5-9-21(10-6-19)25(32)29-15-13-28-14-16-29/h1-12,28H,13-18H2. The SMILES string of the molecule is O=C(c1ccc(Cn2c(=O)n(Cc3ccc(F)cc3)c3ccccc32)cc1)N1CCNCC1. The van der Waals surface area contributed by atoms with Gasteiger partial charge in [-0.1, -0.05) is 36.4 Å². The average Bonchev–Trinajstić information content (AvgIpc) is 3.12. The molecule has 4 aromatic rings. The number of nitrogens with one attached hydrogen (secondary N) is 1. The van der Waals surface area contributed by atoms with Gasteiger partial charge in [-0.15, -0.1) is 0 Å². The minimum atomic E-state index is -0.299. The summed E-state index contributed by atoms with van der Waals surface area (Å²) in [5, 5.41) is 3.25. The molecule has 6 nitrogen and oxygen atoms in total. The molecule has 1 amide bonds. The van der Waals surface area contributed by atoms with Crippen LogP contribution in [-0.4, -0.2) is 46.1 Å². The summed E-state index contributed by atoms with van der Waals surface area (Å²) in [7, 11) is 0. The number of fused-ring (bicyclic) bond motifs is 1. The Morgan fingerprint density at radius 3 is 1.85 bits per heavy atom. The van der Waals surface area contributed by atoms with E-state index in [0.717, 1.165) is 35.2 Å². The molecule has 168 valence electrons. The number of amides is 1. The first kappa shape index (κ1) is 21.2. The van der Waals surface area contributed by atoms with Gasteiger partial charge in [0.25, 0.3) is 5.91 Å². The van der Waals surface area contributed by atoms with Gasteiger partial charge in [0.2, 0.25) is 0 Å². The van der Waals surface area contributed by atoms with Crippen molar-refractivity contribution in [1.82, 2.24) is 19.4 Å². The minimum Gasteiger partial charge on any atom is -0.336 e. The molecule has 0 bridgehead atoms. The van der Waals surface area contributed by atoms with E-state index in [9.17, 15) is 14.0 Å². The number of hydrogen-bond acceptors (Lipinski definition) is 3. The lowest BCUT2D eigenvalue weighted by Gasteiger charge is -2.27. The summed E-state index contributed by atoms with van der Waals surface area (Å²) in [5.74, 6) is -0.261. The number of imidazole rings is 1. The van der Waals surface area contributed by atoms with Gasteiger partial charge in [0, 0.05) is 31.7 Å². The van der Waals surface area contributed by atoms with E-state index in [2.05, 4.69) is 5.32 Å². The molecular weight excluding hydrogens is 419 g/mol. The van der Waals surface area contributed by atoms with E-state index >= 15 is 0 Å². The Morgan fingerprint density at radius 2 is 1.30 bits per heavy atom. The summed E-state index contributed by atoms with van der Waals surface area (Å²) in [6.45, 7) is 3.82. The van der Waals surface area contributed by atoms with Crippen molar-refractivity contribution in [2.45, 2.75) is 13.1 Å². The molecule has 0 aliphatic carbocycles. The molecule has 1 N–H and O–H groups in total. The van der Waals surface area contributed by atoms with E-state index in [-0.39, 0.29) is 17.4 Å². The van der Waals surface area contributed by atoms with Gasteiger partial charge in [-0.2, -0.15) is 0 Å². The summed E-state index contributed by atoms with van der Waals surface area (Å²) >= 11 is 0. The predicted molar refractivity (Wildman–Crippen MR) is 126 cm³/mol. The third-order valence-electron chi connectivity index (χ3n) is 6.12. The first-order chi connectivity index (χ1) is 16.1. The molecule has 0 atom stereocenters. The lowest BCUT2D eigenvalue weighted by molar-refractivity contribution is 0.0736. The Balaban J connectivity index is 1.42. The van der Waals surface area contributed by atoms with Crippen LogP contribution in [-0.2, 0) is 13.1 Å². The maximum Gasteiger partial charge on any atom is 0.329 e. The summed E-state index contributed by atoms with van der Waals surface area (Å²) in [6.07, 6.45) is 0. The van der Waals surface area contributed by atoms with E-state index in [1.165, 1.54) is 12.1 Å². The number of carbonyl (C=O) groups is 1. The van der Waals surface area contributed by atoms with Crippen LogP contribution in [0, 0.1) is 5.82 Å². The molecule has 33 heavy (non-hydrogen) atoms. The normalized spacial score (nSPS) is 14.0. The highest BCUT2D eigenvalue weighted by molar-refractivity contribution is 5.94. The number of benzene rings is 3. The number of rotatable bonds is 5. The third-order valence-corrected chi connectivity index (χ3v) is 6.12. The molecule has 0 saturated carbocycles. The van der Waals surface area contributed by atoms with E-state index in [0.29, 0.717) is 31.7 Å². The molecular formula is C26H25FN4O2. The maximum atomic E-state index is 13.3. The van der Waals surface area contributed by atoms with E-state index < -0.39 is 0 Å². The summed E-state index contributed by atoms with van der Waals surface area (Å²) < 4.78 is 16.7. The van der Waals surface area contributed by atoms with Crippen molar-refractivity contribution in [2.24, 2.45) is 0 Å². The molecule has 2 heterocycles. The van der Waals surface area contributed by atoms with Crippen LogP contribution >= 0.6 is 0 Å². The summed E-state index contributed by atoms with van der Waals surface area (Å²) in [5.41, 5.74) is 4.01. The second kappa shape index (κ2) is 9.03. The second-order valence-electron chi connectivity index (χ2n) is 8.31. The van der Waals surface area contributed by atoms with Crippen molar-refractivity contribution < 1.29 is 9.18 Å². The molecule has 0 spiro atoms. The molecule has 0 radical (unpaired) electrons. The Bertz CT molecular complexity index is 1330. The van der Waals surface area contributed by atoms with Crippen LogP contribution < -0.4 is 11.0 Å². The Hall–Kier alpha value is -3.71. The Labute approximate surface area is 190 Å². The van der Waals surface area contributed by atoms with Gasteiger partial charge >= 0.3 is 5.69 Å². The molecule has 1 fully saturated rings. The molecule has 1 saturated heterocycles. The number of hydrogen-bond donors (Lipinski definition) is 1. The lowest BCUT2D eigenvalue weighted by Crippen LogP contribution is -2.46. The number of carbonyl (C=O) groups excluding carboxylic acids is 1. The van der Waals surface area contributed by atoms with E-state index in [1.807, 2.05) is 53.4 Å². The van der Waals surface area contributed by atoms with Gasteiger partial charge in [-0.3, -0.25) is 13.9 Å². The monoisotopic (exact) mass is 444 g/mol. The first-order valence-corrected chi connectivity index (χ1v) is 11.1. The first-order valence-electron chi connectivity index (χ1n) is 11.1. The van der Waals surface area contributed by atoms with Gasteiger partial charge in [-0.25, -0.2) is 9.18 Å². The van der Waals surface area contributed by atoms with Crippen molar-refractivity contribution >= 4 is 16.9 Å². The molecule has 3 aromatic carbocycles. The molecule has 5 rings (SSSR count). The molecule has 0 unspecified atom stereocenters. The second-order valence-corrected chi connectivity index (χ2v) is 8.31. The van der Waals surface area contributed by atoms with Gasteiger partial charge in [0.1, 0.15) is 5.82 Å². The van der Waals surface area contributed by atoms with Crippen molar-refractivity contribution in [2.75, 3.05) is 26.2 Å². The number of piperazine rings is 1. The highest BCUT2D eigenvalue weighted by Gasteiger charge is 2.18. The summed E-state index contributed by atoms with van der Waals surface area (Å²) in [4.78, 5) is 27.9. The third kappa shape index (κ3) is 4.32. The topological polar surface area (TPSA) is 59.3 Å². The van der Waals surface area contributed by atoms with Crippen LogP contribution in [0.15, 0.2) is 77.6 Å². The quantitative estimate of drug-likeness (QED) is 0.515. The smallest absolute Gasteiger partial charge is 0.329 e. The summed E-state index contributed by atoms with van der Waals surface area (Å²) in [6, 6.07) is 21.4. The lowest BCUT2D eigenvalue weighted by atomic mass is 10.1. The zero-order valence-electron chi connectivity index (χ0n) is 18.2. The number of nitrogens with zero attached hydrogens (tertiary/aromatic N) is 3. The minimum absolute atomic E-state index is 0.0381. The Kier molecular flexibility index (Phi) is 5.79. The highest BCUT2D eigenvalue weighted by atomic mass is 19.1. The molecule has 1 aromatic heterocycles. The number of halogens is 1. The van der Waals surface area contributed by atoms with Gasteiger partial charge in [0.15, 0.2) is 0 Å². The fourth-order valence-corrected chi connectivity index (χ4v) is 4.34. The zero-order chi connectivity index (χ0) is 22.8. The largest absolute Gasteiger partial charge is 0.336 e. The highest BCUT2D eigenvalue weighted by Crippen LogP contribution is 2.17. The van der Waals surface area contributed by atoms with Crippen molar-refractivity contribution in [1.29, 1.82) is 0 Å². The number of aromatic nitrogens is 2. The Morgan fingerprint density at radius 1 is 0.788 bits per heavy atom. The molecule has 7 heteroatoms. The zero-order valence-corrected chi connectivity index (χ0v) is 18.2. The maximum absolute atomic E-state index is 13.3. The average molecular weight is 445 g/mol. The van der Waals surface area contributed by atoms with Gasteiger partial charge in [0.05, 0.1) is 24.1 Å². The van der Waals surface area contributed by atoms with Gasteiger partial charge < -0.3 is 10.2 Å². The van der Waals surface area contributed by atoms with E-state index in [4.69, 9.17) is 0 Å². The number of para-hydroxylation sites is 2. The molecule has 1 aliphatic heterocycles. The van der Waals surface area contributed by atoms with Crippen LogP contribution in [0.4, 0.5) is 4.39 Å². The fraction of sp³-hybridized carbons (Fsp3) is 0.231. The van der Waals surface area contributed by atoms with Crippen molar-refractivity contribution in [3.8, 4) is 0 Å². The van der Waals surface area contributed by atoms with Crippen molar-refractivity contribution in [3.05, 3.63) is 106 Å². The van der Waals surface area contributed by atoms with E-state index in [1.54, 1.807) is 21.3 Å². The van der Waals surface area contributed by atoms with Gasteiger partial charge in [-0.05, 0) is 47.5 Å². The van der Waals surface area contributed by atoms with Crippen LogP contribution in [0.1, 0.15) is 21.5 Å². The van der Waals surface area contributed by atoms with Crippen LogP contribution in [0.25, 0.3) is 11.0 Å². The molecule has 1 aliphatic rings. The fourth-order valence-electron chi connectivity index (χ4n) is 4.34. The van der Waals surface area contributed by atoms with Crippen molar-refractivity contribution in [3.63, 3.8) is 0 Å². The van der Waals surface area contributed by atoms with Crippen LogP contribution in [0.3, 0.4) is 0 Å².